The van der Waals surface area contributed by atoms with Crippen LogP contribution in [-0.4, -0.2) is 100 Å². The van der Waals surface area contributed by atoms with Crippen LogP contribution in [0.3, 0.4) is 0 Å². The Labute approximate surface area is 276 Å². The summed E-state index contributed by atoms with van der Waals surface area (Å²) in [4.78, 5) is 32.7. The van der Waals surface area contributed by atoms with E-state index in [1.54, 1.807) is 0 Å². The van der Waals surface area contributed by atoms with Crippen molar-refractivity contribution in [2.75, 3.05) is 78.9 Å². The molecular weight excluding hydrogens is 580 g/mol. The zero-order valence-electron chi connectivity index (χ0n) is 28.6. The van der Waals surface area contributed by atoms with Crippen molar-refractivity contribution in [2.45, 2.75) is 53.4 Å². The van der Waals surface area contributed by atoms with E-state index < -0.39 is 0 Å². The number of nitrogens with zero attached hydrogens (tertiary/aromatic N) is 2. The molecular formula is C38H56N2O6. The van der Waals surface area contributed by atoms with Gasteiger partial charge in [-0.25, -0.2) is 0 Å². The molecule has 2 fully saturated rings. The Morgan fingerprint density at radius 3 is 1.26 bits per heavy atom. The number of carbonyl (C=O) groups excluding carboxylic acids is 2. The fourth-order valence-corrected chi connectivity index (χ4v) is 5.93. The topological polar surface area (TPSA) is 77.5 Å². The van der Waals surface area contributed by atoms with Gasteiger partial charge in [0.25, 0.3) is 0 Å². The molecule has 2 heterocycles. The van der Waals surface area contributed by atoms with Crippen molar-refractivity contribution in [2.24, 2.45) is 23.7 Å². The SMILES string of the molecule is CC(C)CCOc1ccc(C(=O)[C@H](CC[C@@H](CN2CCOCC2)C(=O)c2ccc(OCCC(C)C)cc2)CN2CCOCC2)cc1. The fourth-order valence-electron chi connectivity index (χ4n) is 5.93. The molecule has 0 amide bonds. The summed E-state index contributed by atoms with van der Waals surface area (Å²) >= 11 is 0. The maximum absolute atomic E-state index is 14.0. The zero-order valence-corrected chi connectivity index (χ0v) is 28.6. The summed E-state index contributed by atoms with van der Waals surface area (Å²) in [6, 6.07) is 15.2. The van der Waals surface area contributed by atoms with Crippen LogP contribution in [0.25, 0.3) is 0 Å². The van der Waals surface area contributed by atoms with Crippen LogP contribution < -0.4 is 9.47 Å². The van der Waals surface area contributed by atoms with Crippen LogP contribution in [-0.2, 0) is 9.47 Å². The summed E-state index contributed by atoms with van der Waals surface area (Å²) in [7, 11) is 0. The molecule has 4 rings (SSSR count). The van der Waals surface area contributed by atoms with Crippen molar-refractivity contribution in [3.05, 3.63) is 59.7 Å². The third-order valence-corrected chi connectivity index (χ3v) is 8.98. The molecule has 2 aliphatic heterocycles. The van der Waals surface area contributed by atoms with E-state index in [-0.39, 0.29) is 23.4 Å². The summed E-state index contributed by atoms with van der Waals surface area (Å²) in [6.07, 6.45) is 3.26. The summed E-state index contributed by atoms with van der Waals surface area (Å²) in [5.74, 6) is 2.54. The molecule has 8 nitrogen and oxygen atoms in total. The molecule has 2 aromatic carbocycles. The van der Waals surface area contributed by atoms with Gasteiger partial charge in [0.15, 0.2) is 11.6 Å². The molecule has 8 heteroatoms. The second-order valence-corrected chi connectivity index (χ2v) is 13.6. The van der Waals surface area contributed by atoms with Gasteiger partial charge in [-0.1, -0.05) is 27.7 Å². The summed E-state index contributed by atoms with van der Waals surface area (Å²) in [5, 5.41) is 0. The Bertz CT molecular complexity index is 1080. The third kappa shape index (κ3) is 12.1. The lowest BCUT2D eigenvalue weighted by atomic mass is 9.86. The van der Waals surface area contributed by atoms with Gasteiger partial charge in [-0.05, 0) is 86.1 Å². The second kappa shape index (κ2) is 19.1. The number of benzene rings is 2. The normalized spacial score (nSPS) is 17.6. The number of carbonyl (C=O) groups is 2. The number of morpholine rings is 2. The Kier molecular flexibility index (Phi) is 15.0. The van der Waals surface area contributed by atoms with E-state index in [9.17, 15) is 9.59 Å². The molecule has 0 spiro atoms. The van der Waals surface area contributed by atoms with Crippen LogP contribution in [0.5, 0.6) is 11.5 Å². The third-order valence-electron chi connectivity index (χ3n) is 8.98. The van der Waals surface area contributed by atoms with E-state index in [4.69, 9.17) is 18.9 Å². The van der Waals surface area contributed by atoms with E-state index in [2.05, 4.69) is 37.5 Å². The Morgan fingerprint density at radius 2 is 0.935 bits per heavy atom. The lowest BCUT2D eigenvalue weighted by Gasteiger charge is -2.32. The van der Waals surface area contributed by atoms with Crippen molar-refractivity contribution in [1.82, 2.24) is 9.80 Å². The van der Waals surface area contributed by atoms with E-state index in [0.29, 0.717) is 88.5 Å². The minimum absolute atomic E-state index is 0.126. The van der Waals surface area contributed by atoms with Gasteiger partial charge in [0, 0.05) is 62.2 Å². The average molecular weight is 637 g/mol. The monoisotopic (exact) mass is 636 g/mol. The number of rotatable bonds is 19. The Morgan fingerprint density at radius 1 is 0.587 bits per heavy atom. The smallest absolute Gasteiger partial charge is 0.167 e. The number of ether oxygens (including phenoxy) is 4. The molecule has 2 aromatic rings. The van der Waals surface area contributed by atoms with Gasteiger partial charge in [0.05, 0.1) is 39.6 Å². The Hall–Kier alpha value is -2.78. The summed E-state index contributed by atoms with van der Waals surface area (Å²) in [6.45, 7) is 17.3. The molecule has 0 radical (unpaired) electrons. The zero-order chi connectivity index (χ0) is 32.7. The average Bonchev–Trinajstić information content (AvgIpc) is 3.06. The first-order chi connectivity index (χ1) is 22.3. The van der Waals surface area contributed by atoms with Gasteiger partial charge in [-0.15, -0.1) is 0 Å². The number of hydrogen-bond acceptors (Lipinski definition) is 8. The molecule has 46 heavy (non-hydrogen) atoms. The first-order valence-corrected chi connectivity index (χ1v) is 17.4. The molecule has 2 atom stereocenters. The lowest BCUT2D eigenvalue weighted by Crippen LogP contribution is -2.42. The second-order valence-electron chi connectivity index (χ2n) is 13.6. The predicted molar refractivity (Wildman–Crippen MR) is 182 cm³/mol. The van der Waals surface area contributed by atoms with Crippen molar-refractivity contribution in [3.8, 4) is 11.5 Å². The van der Waals surface area contributed by atoms with Crippen LogP contribution in [0.2, 0.25) is 0 Å². The van der Waals surface area contributed by atoms with E-state index >= 15 is 0 Å². The highest BCUT2D eigenvalue weighted by Gasteiger charge is 2.29. The summed E-state index contributed by atoms with van der Waals surface area (Å²) < 4.78 is 23.0. The maximum atomic E-state index is 14.0. The molecule has 0 saturated carbocycles. The quantitative estimate of drug-likeness (QED) is 0.167. The molecule has 0 aliphatic carbocycles. The van der Waals surface area contributed by atoms with Crippen molar-refractivity contribution in [3.63, 3.8) is 0 Å². The van der Waals surface area contributed by atoms with Crippen molar-refractivity contribution >= 4 is 11.6 Å². The minimum Gasteiger partial charge on any atom is -0.494 e. The van der Waals surface area contributed by atoms with Gasteiger partial charge in [-0.3, -0.25) is 19.4 Å². The molecule has 2 aliphatic rings. The van der Waals surface area contributed by atoms with Gasteiger partial charge in [-0.2, -0.15) is 0 Å². The first kappa shape index (κ1) is 36.1. The van der Waals surface area contributed by atoms with Crippen molar-refractivity contribution < 1.29 is 28.5 Å². The highest BCUT2D eigenvalue weighted by atomic mass is 16.5. The number of hydrogen-bond donors (Lipinski definition) is 0. The standard InChI is InChI=1S/C38H56N2O6/c1-29(2)15-21-45-35-11-7-31(8-12-35)37(41)33(27-39-17-23-43-24-18-39)5-6-34(28-40-19-25-44-26-20-40)38(42)32-9-13-36(14-10-32)46-22-16-30(3)4/h7-14,29-30,33-34H,5-6,15-28H2,1-4H3/t33-,34+. The van der Waals surface area contributed by atoms with Crippen LogP contribution in [0.1, 0.15) is 74.1 Å². The van der Waals surface area contributed by atoms with Gasteiger partial charge < -0.3 is 18.9 Å². The van der Waals surface area contributed by atoms with Crippen LogP contribution in [0.15, 0.2) is 48.5 Å². The van der Waals surface area contributed by atoms with Crippen LogP contribution >= 0.6 is 0 Å². The summed E-state index contributed by atoms with van der Waals surface area (Å²) in [5.41, 5.74) is 1.39. The van der Waals surface area contributed by atoms with Crippen molar-refractivity contribution in [1.29, 1.82) is 0 Å². The molecule has 0 unspecified atom stereocenters. The molecule has 254 valence electrons. The van der Waals surface area contributed by atoms with E-state index in [1.165, 1.54) is 0 Å². The van der Waals surface area contributed by atoms with Crippen LogP contribution in [0, 0.1) is 23.7 Å². The number of ketones is 2. The lowest BCUT2D eigenvalue weighted by molar-refractivity contribution is 0.0254. The highest BCUT2D eigenvalue weighted by Crippen LogP contribution is 2.25. The van der Waals surface area contributed by atoms with E-state index in [0.717, 1.165) is 50.5 Å². The first-order valence-electron chi connectivity index (χ1n) is 17.4. The van der Waals surface area contributed by atoms with Gasteiger partial charge >= 0.3 is 0 Å². The number of Topliss-reactive ketones (excluding diaryl/α,β-unsaturated/α-hetero) is 2. The predicted octanol–water partition coefficient (Wildman–Crippen LogP) is 6.28. The maximum Gasteiger partial charge on any atom is 0.167 e. The Balaban J connectivity index is 1.46. The molecule has 0 aromatic heterocycles. The molecule has 0 bridgehead atoms. The highest BCUT2D eigenvalue weighted by molar-refractivity contribution is 5.99. The molecule has 2 saturated heterocycles. The van der Waals surface area contributed by atoms with E-state index in [1.807, 2.05) is 48.5 Å². The van der Waals surface area contributed by atoms with Gasteiger partial charge in [0.2, 0.25) is 0 Å². The minimum atomic E-state index is -0.220. The largest absolute Gasteiger partial charge is 0.494 e. The fraction of sp³-hybridized carbons (Fsp3) is 0.632. The van der Waals surface area contributed by atoms with Crippen LogP contribution in [0.4, 0.5) is 0 Å². The molecule has 0 N–H and O–H groups in total. The van der Waals surface area contributed by atoms with Gasteiger partial charge in [0.1, 0.15) is 11.5 Å².